The van der Waals surface area contributed by atoms with E-state index in [1.807, 2.05) is 11.8 Å². The number of hydrogen-bond acceptors (Lipinski definition) is 2. The first-order chi connectivity index (χ1) is 4.24. The standard InChI is InChI=1S/C7H9NO/c1-3-6(2)8-4-7(9)5-8/h1,6H,4-5H2,2H3. The number of hydrogen-bond donors (Lipinski definition) is 0. The molecule has 1 atom stereocenters. The molecule has 0 aromatic carbocycles. The molecule has 1 unspecified atom stereocenters. The number of ketones is 1. The number of Topliss-reactive ketones (excluding diaryl/α,β-unsaturated/α-hetero) is 1. The van der Waals surface area contributed by atoms with E-state index in [-0.39, 0.29) is 11.8 Å². The Morgan fingerprint density at radius 2 is 2.33 bits per heavy atom. The van der Waals surface area contributed by atoms with E-state index in [0.717, 1.165) is 0 Å². The number of carbonyl (C=O) groups excluding carboxylic acids is 1. The summed E-state index contributed by atoms with van der Waals surface area (Å²) >= 11 is 0. The quantitative estimate of drug-likeness (QED) is 0.453. The normalized spacial score (nSPS) is 22.4. The maximum absolute atomic E-state index is 10.4. The van der Waals surface area contributed by atoms with E-state index in [9.17, 15) is 4.79 Å². The Labute approximate surface area is 54.8 Å². The molecule has 0 aromatic rings. The van der Waals surface area contributed by atoms with Crippen molar-refractivity contribution in [3.63, 3.8) is 0 Å². The fourth-order valence-corrected chi connectivity index (χ4v) is 0.786. The Hall–Kier alpha value is -0.810. The fourth-order valence-electron chi connectivity index (χ4n) is 0.786. The van der Waals surface area contributed by atoms with Gasteiger partial charge in [-0.1, -0.05) is 5.92 Å². The molecule has 0 spiro atoms. The summed E-state index contributed by atoms with van der Waals surface area (Å²) in [6.45, 7) is 3.02. The molecular formula is C7H9NO. The molecule has 0 aliphatic carbocycles. The van der Waals surface area contributed by atoms with E-state index in [4.69, 9.17) is 6.42 Å². The number of nitrogens with zero attached hydrogens (tertiary/aromatic N) is 1. The molecule has 1 saturated heterocycles. The van der Waals surface area contributed by atoms with Gasteiger partial charge in [-0.25, -0.2) is 0 Å². The first-order valence-electron chi connectivity index (χ1n) is 2.96. The van der Waals surface area contributed by atoms with Crippen LogP contribution in [0, 0.1) is 12.3 Å². The van der Waals surface area contributed by atoms with Gasteiger partial charge in [-0.2, -0.15) is 0 Å². The van der Waals surface area contributed by atoms with Gasteiger partial charge < -0.3 is 0 Å². The SMILES string of the molecule is C#CC(C)N1CC(=O)C1. The minimum Gasteiger partial charge on any atom is -0.297 e. The maximum Gasteiger partial charge on any atom is 0.160 e. The van der Waals surface area contributed by atoms with E-state index in [2.05, 4.69) is 5.92 Å². The van der Waals surface area contributed by atoms with Crippen LogP contribution in [-0.2, 0) is 4.79 Å². The van der Waals surface area contributed by atoms with Gasteiger partial charge in [0.25, 0.3) is 0 Å². The van der Waals surface area contributed by atoms with Crippen molar-refractivity contribution in [3.05, 3.63) is 0 Å². The van der Waals surface area contributed by atoms with Crippen molar-refractivity contribution in [2.24, 2.45) is 0 Å². The van der Waals surface area contributed by atoms with Gasteiger partial charge in [0.05, 0.1) is 19.1 Å². The summed E-state index contributed by atoms with van der Waals surface area (Å²) in [4.78, 5) is 12.4. The highest BCUT2D eigenvalue weighted by molar-refractivity contribution is 5.87. The molecule has 1 heterocycles. The third-order valence-electron chi connectivity index (χ3n) is 1.55. The van der Waals surface area contributed by atoms with Gasteiger partial charge >= 0.3 is 0 Å². The third-order valence-corrected chi connectivity index (χ3v) is 1.55. The van der Waals surface area contributed by atoms with E-state index in [1.165, 1.54) is 0 Å². The molecule has 48 valence electrons. The van der Waals surface area contributed by atoms with Crippen molar-refractivity contribution < 1.29 is 4.79 Å². The van der Waals surface area contributed by atoms with Crippen molar-refractivity contribution >= 4 is 5.78 Å². The number of terminal acetylenes is 1. The van der Waals surface area contributed by atoms with Crippen LogP contribution in [0.4, 0.5) is 0 Å². The summed E-state index contributed by atoms with van der Waals surface area (Å²) in [6, 6.07) is 0.127. The first kappa shape index (κ1) is 6.31. The molecule has 2 heteroatoms. The summed E-state index contributed by atoms with van der Waals surface area (Å²) in [5.74, 6) is 2.85. The zero-order valence-corrected chi connectivity index (χ0v) is 5.42. The maximum atomic E-state index is 10.4. The van der Waals surface area contributed by atoms with Crippen LogP contribution in [0.25, 0.3) is 0 Å². The molecule has 0 bridgehead atoms. The molecule has 2 nitrogen and oxygen atoms in total. The summed E-state index contributed by atoms with van der Waals surface area (Å²) in [6.07, 6.45) is 5.12. The minimum atomic E-state index is 0.127. The van der Waals surface area contributed by atoms with Crippen LogP contribution in [0.1, 0.15) is 6.92 Å². The zero-order valence-electron chi connectivity index (χ0n) is 5.42. The van der Waals surface area contributed by atoms with Gasteiger partial charge in [0, 0.05) is 0 Å². The lowest BCUT2D eigenvalue weighted by atomic mass is 10.1. The average molecular weight is 123 g/mol. The minimum absolute atomic E-state index is 0.127. The number of carbonyl (C=O) groups is 1. The third kappa shape index (κ3) is 1.11. The summed E-state index contributed by atoms with van der Waals surface area (Å²) in [5, 5.41) is 0. The van der Waals surface area contributed by atoms with Crippen LogP contribution in [-0.4, -0.2) is 29.8 Å². The van der Waals surface area contributed by atoms with Crippen LogP contribution in [0.15, 0.2) is 0 Å². The van der Waals surface area contributed by atoms with E-state index >= 15 is 0 Å². The second-order valence-corrected chi connectivity index (χ2v) is 2.29. The van der Waals surface area contributed by atoms with Gasteiger partial charge in [0.2, 0.25) is 0 Å². The molecule has 9 heavy (non-hydrogen) atoms. The van der Waals surface area contributed by atoms with Gasteiger partial charge in [-0.3, -0.25) is 9.69 Å². The van der Waals surface area contributed by atoms with Crippen molar-refractivity contribution in [2.45, 2.75) is 13.0 Å². The van der Waals surface area contributed by atoms with Crippen LogP contribution in [0.3, 0.4) is 0 Å². The van der Waals surface area contributed by atoms with Gasteiger partial charge in [-0.15, -0.1) is 6.42 Å². The summed E-state index contributed by atoms with van der Waals surface area (Å²) in [5.41, 5.74) is 0. The monoisotopic (exact) mass is 123 g/mol. The molecule has 0 aromatic heterocycles. The lowest BCUT2D eigenvalue weighted by molar-refractivity contribution is -0.129. The Balaban J connectivity index is 2.33. The van der Waals surface area contributed by atoms with Gasteiger partial charge in [0.15, 0.2) is 5.78 Å². The van der Waals surface area contributed by atoms with Crippen LogP contribution in [0.2, 0.25) is 0 Å². The molecule has 0 amide bonds. The topological polar surface area (TPSA) is 20.3 Å². The van der Waals surface area contributed by atoms with Gasteiger partial charge in [0.1, 0.15) is 0 Å². The lowest BCUT2D eigenvalue weighted by Crippen LogP contribution is -2.51. The second-order valence-electron chi connectivity index (χ2n) is 2.29. The van der Waals surface area contributed by atoms with E-state index < -0.39 is 0 Å². The molecule has 1 aliphatic rings. The Morgan fingerprint density at radius 1 is 1.78 bits per heavy atom. The second kappa shape index (κ2) is 2.20. The molecule has 0 saturated carbocycles. The molecule has 1 fully saturated rings. The van der Waals surface area contributed by atoms with Crippen molar-refractivity contribution in [2.75, 3.05) is 13.1 Å². The highest BCUT2D eigenvalue weighted by Crippen LogP contribution is 2.05. The molecule has 1 aliphatic heterocycles. The van der Waals surface area contributed by atoms with E-state index in [1.54, 1.807) is 0 Å². The summed E-state index contributed by atoms with van der Waals surface area (Å²) in [7, 11) is 0. The first-order valence-corrected chi connectivity index (χ1v) is 2.96. The number of rotatable bonds is 1. The molecule has 0 radical (unpaired) electrons. The smallest absolute Gasteiger partial charge is 0.160 e. The van der Waals surface area contributed by atoms with Crippen molar-refractivity contribution in [1.29, 1.82) is 0 Å². The molecular weight excluding hydrogens is 114 g/mol. The predicted molar refractivity (Wildman–Crippen MR) is 34.9 cm³/mol. The van der Waals surface area contributed by atoms with Crippen molar-refractivity contribution in [3.8, 4) is 12.3 Å². The van der Waals surface area contributed by atoms with Crippen molar-refractivity contribution in [1.82, 2.24) is 4.90 Å². The Morgan fingerprint density at radius 3 is 2.67 bits per heavy atom. The highest BCUT2D eigenvalue weighted by atomic mass is 16.1. The predicted octanol–water partition coefficient (Wildman–Crippen LogP) is -0.107. The highest BCUT2D eigenvalue weighted by Gasteiger charge is 2.26. The molecule has 1 rings (SSSR count). The Kier molecular flexibility index (Phi) is 1.54. The van der Waals surface area contributed by atoms with Crippen LogP contribution in [0.5, 0.6) is 0 Å². The zero-order chi connectivity index (χ0) is 6.85. The fraction of sp³-hybridized carbons (Fsp3) is 0.571. The lowest BCUT2D eigenvalue weighted by Gasteiger charge is -2.31. The van der Waals surface area contributed by atoms with E-state index in [0.29, 0.717) is 13.1 Å². The van der Waals surface area contributed by atoms with Gasteiger partial charge in [-0.05, 0) is 6.92 Å². The largest absolute Gasteiger partial charge is 0.297 e. The van der Waals surface area contributed by atoms with Crippen LogP contribution < -0.4 is 0 Å². The number of likely N-dealkylation sites (tertiary alicyclic amines) is 1. The molecule has 0 N–H and O–H groups in total. The van der Waals surface area contributed by atoms with Crippen LogP contribution >= 0.6 is 0 Å². The Bertz CT molecular complexity index is 160. The average Bonchev–Trinajstić information content (AvgIpc) is 1.79. The summed E-state index contributed by atoms with van der Waals surface area (Å²) < 4.78 is 0.